The van der Waals surface area contributed by atoms with E-state index in [2.05, 4.69) is 4.74 Å². The second-order valence-corrected chi connectivity index (χ2v) is 4.52. The van der Waals surface area contributed by atoms with E-state index in [1.165, 1.54) is 12.7 Å². The molecule has 2 aromatic rings. The number of ether oxygens (including phenoxy) is 2. The lowest BCUT2D eigenvalue weighted by Gasteiger charge is -2.10. The van der Waals surface area contributed by atoms with E-state index in [9.17, 15) is 4.79 Å². The summed E-state index contributed by atoms with van der Waals surface area (Å²) >= 11 is 0. The molecule has 0 saturated carbocycles. The fourth-order valence-electron chi connectivity index (χ4n) is 1.87. The Morgan fingerprint density at radius 1 is 1.20 bits per heavy atom. The first-order valence-corrected chi connectivity index (χ1v) is 6.26. The van der Waals surface area contributed by atoms with E-state index in [0.29, 0.717) is 23.6 Å². The number of hydrogen-bond acceptors (Lipinski definition) is 4. The highest BCUT2D eigenvalue weighted by atomic mass is 16.5. The van der Waals surface area contributed by atoms with Crippen molar-refractivity contribution in [3.63, 3.8) is 0 Å². The summed E-state index contributed by atoms with van der Waals surface area (Å²) in [4.78, 5) is 11.5. The summed E-state index contributed by atoms with van der Waals surface area (Å²) in [7, 11) is 1.34. The summed E-state index contributed by atoms with van der Waals surface area (Å²) in [6, 6.07) is 12.9. The molecule has 4 heteroatoms. The fourth-order valence-corrected chi connectivity index (χ4v) is 1.87. The number of rotatable bonds is 4. The largest absolute Gasteiger partial charge is 0.487 e. The molecule has 4 nitrogen and oxygen atoms in total. The Balaban J connectivity index is 2.14. The predicted octanol–water partition coefficient (Wildman–Crippen LogP) is 2.94. The number of aryl methyl sites for hydroxylation is 1. The van der Waals surface area contributed by atoms with E-state index in [1.54, 1.807) is 18.2 Å². The van der Waals surface area contributed by atoms with Crippen molar-refractivity contribution in [2.24, 2.45) is 0 Å². The third-order valence-electron chi connectivity index (χ3n) is 2.91. The summed E-state index contributed by atoms with van der Waals surface area (Å²) in [6.07, 6.45) is 0. The number of anilines is 1. The van der Waals surface area contributed by atoms with E-state index >= 15 is 0 Å². The lowest BCUT2D eigenvalue weighted by molar-refractivity contribution is 0.0600. The molecule has 0 spiro atoms. The van der Waals surface area contributed by atoms with Gasteiger partial charge in [0.15, 0.2) is 0 Å². The first kappa shape index (κ1) is 13.9. The minimum atomic E-state index is -0.412. The highest BCUT2D eigenvalue weighted by Crippen LogP contribution is 2.24. The summed E-state index contributed by atoms with van der Waals surface area (Å²) in [6.45, 7) is 2.42. The summed E-state index contributed by atoms with van der Waals surface area (Å²) in [5, 5.41) is 0. The SMILES string of the molecule is COC(=O)c1ccc(N)c(OCc2cccc(C)c2)c1. The molecule has 0 atom stereocenters. The molecule has 2 aromatic carbocycles. The number of esters is 1. The van der Waals surface area contributed by atoms with E-state index in [4.69, 9.17) is 10.5 Å². The molecule has 0 aliphatic heterocycles. The molecule has 2 N–H and O–H groups in total. The summed E-state index contributed by atoms with van der Waals surface area (Å²) in [5.41, 5.74) is 8.97. The molecule has 0 saturated heterocycles. The van der Waals surface area contributed by atoms with Gasteiger partial charge in [0.25, 0.3) is 0 Å². The van der Waals surface area contributed by atoms with Crippen LogP contribution in [0.3, 0.4) is 0 Å². The van der Waals surface area contributed by atoms with Crippen molar-refractivity contribution < 1.29 is 14.3 Å². The Morgan fingerprint density at radius 2 is 2.00 bits per heavy atom. The standard InChI is InChI=1S/C16H17NO3/c1-11-4-3-5-12(8-11)10-20-15-9-13(16(18)19-2)6-7-14(15)17/h3-9H,10,17H2,1-2H3. The Morgan fingerprint density at radius 3 is 2.70 bits per heavy atom. The third-order valence-corrected chi connectivity index (χ3v) is 2.91. The average molecular weight is 271 g/mol. The summed E-state index contributed by atoms with van der Waals surface area (Å²) in [5.74, 6) is 0.0693. The van der Waals surface area contributed by atoms with Gasteiger partial charge in [0.1, 0.15) is 12.4 Å². The second-order valence-electron chi connectivity index (χ2n) is 4.52. The number of nitrogen functional groups attached to an aromatic ring is 1. The molecule has 0 aliphatic rings. The van der Waals surface area contributed by atoms with Gasteiger partial charge in [-0.05, 0) is 30.7 Å². The van der Waals surface area contributed by atoms with E-state index in [-0.39, 0.29) is 0 Å². The van der Waals surface area contributed by atoms with Gasteiger partial charge in [-0.3, -0.25) is 0 Å². The Hall–Kier alpha value is -2.49. The van der Waals surface area contributed by atoms with Crippen LogP contribution in [0.15, 0.2) is 42.5 Å². The number of nitrogens with two attached hydrogens (primary N) is 1. The second kappa shape index (κ2) is 6.10. The van der Waals surface area contributed by atoms with Crippen molar-refractivity contribution in [1.29, 1.82) is 0 Å². The topological polar surface area (TPSA) is 61.5 Å². The van der Waals surface area contributed by atoms with Crippen molar-refractivity contribution in [2.45, 2.75) is 13.5 Å². The molecule has 0 fully saturated rings. The first-order chi connectivity index (χ1) is 9.60. The Labute approximate surface area is 118 Å². The zero-order chi connectivity index (χ0) is 14.5. The lowest BCUT2D eigenvalue weighted by atomic mass is 10.1. The van der Waals surface area contributed by atoms with Gasteiger partial charge in [0, 0.05) is 0 Å². The number of methoxy groups -OCH3 is 1. The van der Waals surface area contributed by atoms with Crippen LogP contribution in [-0.4, -0.2) is 13.1 Å². The van der Waals surface area contributed by atoms with Gasteiger partial charge >= 0.3 is 5.97 Å². The van der Waals surface area contributed by atoms with Crippen molar-refractivity contribution in [2.75, 3.05) is 12.8 Å². The average Bonchev–Trinajstić information content (AvgIpc) is 2.45. The van der Waals surface area contributed by atoms with Gasteiger partial charge in [-0.15, -0.1) is 0 Å². The van der Waals surface area contributed by atoms with Crippen LogP contribution in [0.1, 0.15) is 21.5 Å². The maximum absolute atomic E-state index is 11.5. The molecule has 0 bridgehead atoms. The van der Waals surface area contributed by atoms with Gasteiger partial charge < -0.3 is 15.2 Å². The van der Waals surface area contributed by atoms with Crippen LogP contribution in [0.2, 0.25) is 0 Å². The normalized spacial score (nSPS) is 10.1. The number of benzene rings is 2. The van der Waals surface area contributed by atoms with Crippen LogP contribution in [0, 0.1) is 6.92 Å². The molecular formula is C16H17NO3. The van der Waals surface area contributed by atoms with E-state index < -0.39 is 5.97 Å². The van der Waals surface area contributed by atoms with Crippen LogP contribution in [0.25, 0.3) is 0 Å². The van der Waals surface area contributed by atoms with Crippen molar-refractivity contribution in [3.05, 3.63) is 59.2 Å². The quantitative estimate of drug-likeness (QED) is 0.686. The monoisotopic (exact) mass is 271 g/mol. The molecule has 0 radical (unpaired) electrons. The Bertz CT molecular complexity index is 623. The zero-order valence-corrected chi connectivity index (χ0v) is 11.6. The minimum Gasteiger partial charge on any atom is -0.487 e. The highest BCUT2D eigenvalue weighted by Gasteiger charge is 2.09. The van der Waals surface area contributed by atoms with Crippen LogP contribution < -0.4 is 10.5 Å². The molecule has 20 heavy (non-hydrogen) atoms. The van der Waals surface area contributed by atoms with Crippen LogP contribution >= 0.6 is 0 Å². The fraction of sp³-hybridized carbons (Fsp3) is 0.188. The van der Waals surface area contributed by atoms with Gasteiger partial charge in [-0.1, -0.05) is 29.8 Å². The molecule has 2 rings (SSSR count). The predicted molar refractivity (Wildman–Crippen MR) is 77.7 cm³/mol. The van der Waals surface area contributed by atoms with Crippen LogP contribution in [0.5, 0.6) is 5.75 Å². The molecular weight excluding hydrogens is 254 g/mol. The molecule has 104 valence electrons. The van der Waals surface area contributed by atoms with Gasteiger partial charge in [-0.2, -0.15) is 0 Å². The van der Waals surface area contributed by atoms with Crippen molar-refractivity contribution >= 4 is 11.7 Å². The number of hydrogen-bond donors (Lipinski definition) is 1. The molecule has 0 aliphatic carbocycles. The molecule has 0 unspecified atom stereocenters. The number of carbonyl (C=O) groups excluding carboxylic acids is 1. The van der Waals surface area contributed by atoms with Crippen molar-refractivity contribution in [1.82, 2.24) is 0 Å². The Kier molecular flexibility index (Phi) is 4.25. The highest BCUT2D eigenvalue weighted by molar-refractivity contribution is 5.90. The summed E-state index contributed by atoms with van der Waals surface area (Å²) < 4.78 is 10.4. The maximum Gasteiger partial charge on any atom is 0.337 e. The van der Waals surface area contributed by atoms with Crippen LogP contribution in [-0.2, 0) is 11.3 Å². The van der Waals surface area contributed by atoms with Gasteiger partial charge in [0.05, 0.1) is 18.4 Å². The lowest BCUT2D eigenvalue weighted by Crippen LogP contribution is -2.04. The van der Waals surface area contributed by atoms with Gasteiger partial charge in [0.2, 0.25) is 0 Å². The molecule has 0 heterocycles. The third kappa shape index (κ3) is 3.29. The first-order valence-electron chi connectivity index (χ1n) is 6.26. The van der Waals surface area contributed by atoms with Crippen LogP contribution in [0.4, 0.5) is 5.69 Å². The minimum absolute atomic E-state index is 0.399. The smallest absolute Gasteiger partial charge is 0.337 e. The zero-order valence-electron chi connectivity index (χ0n) is 11.6. The van der Waals surface area contributed by atoms with E-state index in [1.807, 2.05) is 31.2 Å². The number of carbonyl (C=O) groups is 1. The maximum atomic E-state index is 11.5. The molecule has 0 aromatic heterocycles. The molecule has 0 amide bonds. The van der Waals surface area contributed by atoms with E-state index in [0.717, 1.165) is 5.56 Å². The van der Waals surface area contributed by atoms with Gasteiger partial charge in [-0.25, -0.2) is 4.79 Å². The van der Waals surface area contributed by atoms with Crippen molar-refractivity contribution in [3.8, 4) is 5.75 Å².